The van der Waals surface area contributed by atoms with Crippen LogP contribution in [0, 0.1) is 0 Å². The number of phenols is 1. The number of sulfone groups is 1. The molecule has 2 aromatic rings. The van der Waals surface area contributed by atoms with Crippen LogP contribution in [0.5, 0.6) is 5.75 Å². The molecule has 0 unspecified atom stereocenters. The van der Waals surface area contributed by atoms with E-state index in [9.17, 15) is 13.5 Å². The number of benzene rings is 2. The lowest BCUT2D eigenvalue weighted by Gasteiger charge is -2.06. The molecule has 0 atom stereocenters. The van der Waals surface area contributed by atoms with Crippen LogP contribution in [0.25, 0.3) is 0 Å². The minimum absolute atomic E-state index is 0.252. The first kappa shape index (κ1) is 14.6. The van der Waals surface area contributed by atoms with E-state index >= 15 is 0 Å². The van der Waals surface area contributed by atoms with E-state index in [1.165, 1.54) is 6.26 Å². The molecule has 0 spiro atoms. The van der Waals surface area contributed by atoms with E-state index in [1.807, 2.05) is 6.07 Å². The Morgan fingerprint density at radius 3 is 2.25 bits per heavy atom. The second-order valence-corrected chi connectivity index (χ2v) is 6.71. The Labute approximate surface area is 119 Å². The van der Waals surface area contributed by atoms with E-state index < -0.39 is 9.84 Å². The third-order valence-electron chi connectivity index (χ3n) is 2.92. The molecule has 0 aliphatic rings. The number of rotatable bonds is 5. The standard InChI is InChI=1S/C15H17NO3S/c1-20(18,19)15-7-5-12(6-8-15)10-16-11-13-3-2-4-14(17)9-13/h2-9,16-17H,10-11H2,1H3. The number of hydrogen-bond donors (Lipinski definition) is 2. The molecule has 20 heavy (non-hydrogen) atoms. The molecule has 2 aromatic carbocycles. The molecular formula is C15H17NO3S. The molecule has 2 rings (SSSR count). The minimum Gasteiger partial charge on any atom is -0.508 e. The summed E-state index contributed by atoms with van der Waals surface area (Å²) < 4.78 is 22.7. The summed E-state index contributed by atoms with van der Waals surface area (Å²) in [6, 6.07) is 13.9. The van der Waals surface area contributed by atoms with Crippen LogP contribution < -0.4 is 5.32 Å². The second kappa shape index (κ2) is 6.07. The number of nitrogens with one attached hydrogen (secondary N) is 1. The molecule has 0 bridgehead atoms. The first-order valence-electron chi connectivity index (χ1n) is 6.23. The van der Waals surface area contributed by atoms with Crippen molar-refractivity contribution in [1.29, 1.82) is 0 Å². The van der Waals surface area contributed by atoms with Crippen molar-refractivity contribution >= 4 is 9.84 Å². The van der Waals surface area contributed by atoms with Gasteiger partial charge in [-0.25, -0.2) is 8.42 Å². The van der Waals surface area contributed by atoms with Gasteiger partial charge >= 0.3 is 0 Å². The van der Waals surface area contributed by atoms with Crippen molar-refractivity contribution in [3.63, 3.8) is 0 Å². The highest BCUT2D eigenvalue weighted by Gasteiger charge is 2.05. The van der Waals surface area contributed by atoms with Crippen LogP contribution in [-0.2, 0) is 22.9 Å². The van der Waals surface area contributed by atoms with Crippen molar-refractivity contribution in [3.8, 4) is 5.75 Å². The molecule has 0 amide bonds. The van der Waals surface area contributed by atoms with Crippen molar-refractivity contribution in [1.82, 2.24) is 5.32 Å². The third-order valence-corrected chi connectivity index (χ3v) is 4.05. The quantitative estimate of drug-likeness (QED) is 0.885. The summed E-state index contributed by atoms with van der Waals surface area (Å²) in [5, 5.41) is 12.6. The molecule has 0 fully saturated rings. The van der Waals surface area contributed by atoms with Gasteiger partial charge in [-0.2, -0.15) is 0 Å². The Balaban J connectivity index is 1.92. The molecule has 5 heteroatoms. The summed E-state index contributed by atoms with van der Waals surface area (Å²) in [7, 11) is -3.14. The fourth-order valence-electron chi connectivity index (χ4n) is 1.87. The first-order valence-corrected chi connectivity index (χ1v) is 8.12. The van der Waals surface area contributed by atoms with Gasteiger partial charge in [-0.05, 0) is 35.4 Å². The van der Waals surface area contributed by atoms with Gasteiger partial charge in [-0.3, -0.25) is 0 Å². The van der Waals surface area contributed by atoms with Crippen molar-refractivity contribution < 1.29 is 13.5 Å². The van der Waals surface area contributed by atoms with Gasteiger partial charge in [0.05, 0.1) is 4.90 Å². The van der Waals surface area contributed by atoms with Crippen LogP contribution in [0.3, 0.4) is 0 Å². The Bertz CT molecular complexity index is 679. The topological polar surface area (TPSA) is 66.4 Å². The van der Waals surface area contributed by atoms with Gasteiger partial charge in [-0.1, -0.05) is 24.3 Å². The fraction of sp³-hybridized carbons (Fsp3) is 0.200. The highest BCUT2D eigenvalue weighted by atomic mass is 32.2. The first-order chi connectivity index (χ1) is 9.45. The Kier molecular flexibility index (Phi) is 4.42. The summed E-state index contributed by atoms with van der Waals surface area (Å²) >= 11 is 0. The molecule has 0 aliphatic heterocycles. The molecule has 0 saturated heterocycles. The zero-order valence-electron chi connectivity index (χ0n) is 11.2. The molecule has 4 nitrogen and oxygen atoms in total. The van der Waals surface area contributed by atoms with Crippen molar-refractivity contribution in [2.75, 3.05) is 6.26 Å². The van der Waals surface area contributed by atoms with Gasteiger partial charge in [-0.15, -0.1) is 0 Å². The molecular weight excluding hydrogens is 274 g/mol. The zero-order chi connectivity index (χ0) is 14.6. The lowest BCUT2D eigenvalue weighted by Crippen LogP contribution is -2.12. The average molecular weight is 291 g/mol. The molecule has 106 valence electrons. The summed E-state index contributed by atoms with van der Waals surface area (Å²) in [5.41, 5.74) is 2.01. The SMILES string of the molecule is CS(=O)(=O)c1ccc(CNCc2cccc(O)c2)cc1. The molecule has 0 saturated carbocycles. The number of phenolic OH excluding ortho intramolecular Hbond substituents is 1. The molecule has 0 aromatic heterocycles. The van der Waals surface area contributed by atoms with Crippen LogP contribution >= 0.6 is 0 Å². The third kappa shape index (κ3) is 4.08. The maximum Gasteiger partial charge on any atom is 0.175 e. The highest BCUT2D eigenvalue weighted by molar-refractivity contribution is 7.90. The molecule has 0 aliphatic carbocycles. The van der Waals surface area contributed by atoms with Crippen LogP contribution in [0.4, 0.5) is 0 Å². The lowest BCUT2D eigenvalue weighted by molar-refractivity contribution is 0.474. The smallest absolute Gasteiger partial charge is 0.175 e. The van der Waals surface area contributed by atoms with Crippen molar-refractivity contribution in [2.24, 2.45) is 0 Å². The van der Waals surface area contributed by atoms with Crippen molar-refractivity contribution in [2.45, 2.75) is 18.0 Å². The maximum absolute atomic E-state index is 11.3. The van der Waals surface area contributed by atoms with Crippen LogP contribution in [0.15, 0.2) is 53.4 Å². The maximum atomic E-state index is 11.3. The Morgan fingerprint density at radius 1 is 1.00 bits per heavy atom. The van der Waals surface area contributed by atoms with E-state index in [2.05, 4.69) is 5.32 Å². The Hall–Kier alpha value is -1.85. The van der Waals surface area contributed by atoms with Gasteiger partial charge in [0.1, 0.15) is 5.75 Å². The van der Waals surface area contributed by atoms with Crippen LogP contribution in [-0.4, -0.2) is 19.8 Å². The zero-order valence-corrected chi connectivity index (χ0v) is 12.0. The van der Waals surface area contributed by atoms with Crippen molar-refractivity contribution in [3.05, 3.63) is 59.7 Å². The van der Waals surface area contributed by atoms with Gasteiger partial charge in [0.2, 0.25) is 0 Å². The second-order valence-electron chi connectivity index (χ2n) is 4.69. The molecule has 2 N–H and O–H groups in total. The molecule has 0 heterocycles. The lowest BCUT2D eigenvalue weighted by atomic mass is 10.2. The van der Waals surface area contributed by atoms with E-state index in [4.69, 9.17) is 0 Å². The summed E-state index contributed by atoms with van der Waals surface area (Å²) in [6.45, 7) is 1.28. The highest BCUT2D eigenvalue weighted by Crippen LogP contribution is 2.12. The summed E-state index contributed by atoms with van der Waals surface area (Å²) in [6.07, 6.45) is 1.20. The van der Waals surface area contributed by atoms with Gasteiger partial charge in [0.15, 0.2) is 9.84 Å². The van der Waals surface area contributed by atoms with E-state index in [0.717, 1.165) is 11.1 Å². The largest absolute Gasteiger partial charge is 0.508 e. The minimum atomic E-state index is -3.14. The fourth-order valence-corrected chi connectivity index (χ4v) is 2.50. The normalized spacial score (nSPS) is 11.4. The van der Waals surface area contributed by atoms with Gasteiger partial charge in [0.25, 0.3) is 0 Å². The van der Waals surface area contributed by atoms with E-state index in [0.29, 0.717) is 18.0 Å². The van der Waals surface area contributed by atoms with Crippen LogP contribution in [0.2, 0.25) is 0 Å². The monoisotopic (exact) mass is 291 g/mol. The number of aromatic hydroxyl groups is 1. The van der Waals surface area contributed by atoms with E-state index in [1.54, 1.807) is 42.5 Å². The van der Waals surface area contributed by atoms with E-state index in [-0.39, 0.29) is 5.75 Å². The summed E-state index contributed by atoms with van der Waals surface area (Å²) in [4.78, 5) is 0.328. The number of hydrogen-bond acceptors (Lipinski definition) is 4. The molecule has 0 radical (unpaired) electrons. The summed E-state index contributed by atoms with van der Waals surface area (Å²) in [5.74, 6) is 0.252. The predicted molar refractivity (Wildman–Crippen MR) is 78.2 cm³/mol. The van der Waals surface area contributed by atoms with Crippen LogP contribution in [0.1, 0.15) is 11.1 Å². The van der Waals surface area contributed by atoms with Gasteiger partial charge in [0, 0.05) is 19.3 Å². The predicted octanol–water partition coefficient (Wildman–Crippen LogP) is 2.09. The van der Waals surface area contributed by atoms with Gasteiger partial charge < -0.3 is 10.4 Å². The average Bonchev–Trinajstić information content (AvgIpc) is 2.38. The Morgan fingerprint density at radius 2 is 1.65 bits per heavy atom.